The summed E-state index contributed by atoms with van der Waals surface area (Å²) in [6.07, 6.45) is 0. The Hall–Kier alpha value is -7.94. The number of benzene rings is 10. The molecule has 2 nitrogen and oxygen atoms in total. The van der Waals surface area contributed by atoms with Gasteiger partial charge in [0.1, 0.15) is 11.2 Å². The van der Waals surface area contributed by atoms with Crippen molar-refractivity contribution in [1.82, 2.24) is 0 Å². The van der Waals surface area contributed by atoms with E-state index in [2.05, 4.69) is 229 Å². The van der Waals surface area contributed by atoms with Crippen LogP contribution in [0, 0.1) is 0 Å². The predicted molar refractivity (Wildman–Crippen MR) is 253 cm³/mol. The third-order valence-corrected chi connectivity index (χ3v) is 11.7. The van der Waals surface area contributed by atoms with Crippen molar-refractivity contribution in [2.24, 2.45) is 0 Å². The summed E-state index contributed by atoms with van der Waals surface area (Å²) in [5.74, 6) is 0. The molecule has 0 bridgehead atoms. The summed E-state index contributed by atoms with van der Waals surface area (Å²) in [7, 11) is 0. The van der Waals surface area contributed by atoms with E-state index in [4.69, 9.17) is 4.42 Å². The topological polar surface area (TPSA) is 16.4 Å². The highest BCUT2D eigenvalue weighted by atomic mass is 16.3. The number of anilines is 3. The Balaban J connectivity index is 0.905. The lowest BCUT2D eigenvalue weighted by molar-refractivity contribution is 0.669. The van der Waals surface area contributed by atoms with Crippen LogP contribution in [0.5, 0.6) is 0 Å². The van der Waals surface area contributed by atoms with Gasteiger partial charge in [-0.1, -0.05) is 182 Å². The van der Waals surface area contributed by atoms with Gasteiger partial charge in [0.05, 0.1) is 0 Å². The molecular formula is C58H39NO. The molecule has 0 saturated carbocycles. The van der Waals surface area contributed by atoms with Crippen LogP contribution in [0.25, 0.3) is 88.3 Å². The smallest absolute Gasteiger partial charge is 0.136 e. The maximum absolute atomic E-state index is 6.18. The quantitative estimate of drug-likeness (QED) is 0.153. The Morgan fingerprint density at radius 3 is 1.23 bits per heavy atom. The SMILES string of the molecule is c1ccc(-c2ccc(-c3ccc(N(c4ccc(-c5ccc(-c6ccc7c(c6)oc6ccccc67)cc5)cc4)c4ccc(-c5cccc6ccccc56)cc4)cc3)cc2)cc1. The number of rotatable bonds is 8. The normalized spacial score (nSPS) is 11.3. The minimum Gasteiger partial charge on any atom is -0.456 e. The first-order valence-electron chi connectivity index (χ1n) is 20.5. The molecular weight excluding hydrogens is 727 g/mol. The molecule has 0 N–H and O–H groups in total. The molecule has 0 unspecified atom stereocenters. The second-order valence-corrected chi connectivity index (χ2v) is 15.3. The third kappa shape index (κ3) is 6.61. The van der Waals surface area contributed by atoms with Gasteiger partial charge in [0.15, 0.2) is 0 Å². The lowest BCUT2D eigenvalue weighted by Crippen LogP contribution is -2.09. The Morgan fingerprint density at radius 1 is 0.250 bits per heavy atom. The van der Waals surface area contributed by atoms with Crippen LogP contribution in [0.3, 0.4) is 0 Å². The Kier molecular flexibility index (Phi) is 8.87. The lowest BCUT2D eigenvalue weighted by Gasteiger charge is -2.26. The van der Waals surface area contributed by atoms with Crippen molar-refractivity contribution in [3.05, 3.63) is 237 Å². The maximum atomic E-state index is 6.18. The fourth-order valence-electron chi connectivity index (χ4n) is 8.57. The molecule has 0 radical (unpaired) electrons. The monoisotopic (exact) mass is 765 g/mol. The van der Waals surface area contributed by atoms with E-state index >= 15 is 0 Å². The van der Waals surface area contributed by atoms with Crippen LogP contribution in [0.15, 0.2) is 241 Å². The van der Waals surface area contributed by atoms with Crippen LogP contribution in [0.2, 0.25) is 0 Å². The standard InChI is InChI=1S/C58H39NO/c1-2-9-40(10-3-1)41-17-19-42(20-18-41)44-25-32-50(33-26-44)59(52-36-29-48(30-37-52)54-15-8-12-47-11-4-5-13-53(47)54)51-34-27-45(28-35-51)43-21-23-46(24-22-43)49-31-38-56-55-14-6-7-16-57(55)60-58(56)39-49/h1-39H. The minimum atomic E-state index is 0.910. The first kappa shape index (κ1) is 35.2. The second-order valence-electron chi connectivity index (χ2n) is 15.3. The van der Waals surface area contributed by atoms with Crippen molar-refractivity contribution in [3.8, 4) is 55.6 Å². The first-order chi connectivity index (χ1) is 29.7. The molecule has 60 heavy (non-hydrogen) atoms. The molecule has 282 valence electrons. The zero-order valence-electron chi connectivity index (χ0n) is 32.9. The van der Waals surface area contributed by atoms with Crippen molar-refractivity contribution in [2.75, 3.05) is 4.90 Å². The van der Waals surface area contributed by atoms with Gasteiger partial charge in [-0.25, -0.2) is 0 Å². The highest BCUT2D eigenvalue weighted by Crippen LogP contribution is 2.39. The first-order valence-corrected chi connectivity index (χ1v) is 20.5. The maximum Gasteiger partial charge on any atom is 0.136 e. The fraction of sp³-hybridized carbons (Fsp3) is 0. The molecule has 0 atom stereocenters. The molecule has 0 amide bonds. The number of hydrogen-bond acceptors (Lipinski definition) is 2. The average molecular weight is 766 g/mol. The van der Waals surface area contributed by atoms with Crippen LogP contribution >= 0.6 is 0 Å². The molecule has 0 saturated heterocycles. The summed E-state index contributed by atoms with van der Waals surface area (Å²) in [4.78, 5) is 2.34. The summed E-state index contributed by atoms with van der Waals surface area (Å²) in [6, 6.07) is 84.9. The summed E-state index contributed by atoms with van der Waals surface area (Å²) in [5.41, 5.74) is 17.0. The number of furan rings is 1. The van der Waals surface area contributed by atoms with Crippen LogP contribution in [-0.2, 0) is 0 Å². The van der Waals surface area contributed by atoms with Crippen LogP contribution in [-0.4, -0.2) is 0 Å². The highest BCUT2D eigenvalue weighted by Gasteiger charge is 2.15. The van der Waals surface area contributed by atoms with Crippen LogP contribution in [0.1, 0.15) is 0 Å². The van der Waals surface area contributed by atoms with E-state index in [0.717, 1.165) is 50.1 Å². The van der Waals surface area contributed by atoms with Crippen LogP contribution in [0.4, 0.5) is 17.1 Å². The van der Waals surface area contributed by atoms with E-state index in [1.165, 1.54) is 55.3 Å². The van der Waals surface area contributed by atoms with Gasteiger partial charge in [0.25, 0.3) is 0 Å². The molecule has 0 aliphatic heterocycles. The van der Waals surface area contributed by atoms with Gasteiger partial charge in [-0.05, 0) is 121 Å². The largest absolute Gasteiger partial charge is 0.456 e. The van der Waals surface area contributed by atoms with E-state index in [-0.39, 0.29) is 0 Å². The second kappa shape index (κ2) is 15.1. The van der Waals surface area contributed by atoms with Crippen molar-refractivity contribution >= 4 is 49.8 Å². The number of fused-ring (bicyclic) bond motifs is 4. The fourth-order valence-corrected chi connectivity index (χ4v) is 8.57. The molecule has 0 fully saturated rings. The van der Waals surface area contributed by atoms with Crippen molar-refractivity contribution in [2.45, 2.75) is 0 Å². The Labute approximate surface area is 349 Å². The third-order valence-electron chi connectivity index (χ3n) is 11.7. The van der Waals surface area contributed by atoms with Crippen molar-refractivity contribution in [1.29, 1.82) is 0 Å². The molecule has 2 heteroatoms. The van der Waals surface area contributed by atoms with E-state index in [9.17, 15) is 0 Å². The van der Waals surface area contributed by atoms with E-state index in [0.29, 0.717) is 0 Å². The van der Waals surface area contributed by atoms with Gasteiger partial charge in [-0.3, -0.25) is 0 Å². The Bertz CT molecular complexity index is 3250. The lowest BCUT2D eigenvalue weighted by atomic mass is 9.97. The zero-order chi connectivity index (χ0) is 39.8. The van der Waals surface area contributed by atoms with Crippen molar-refractivity contribution in [3.63, 3.8) is 0 Å². The molecule has 1 heterocycles. The summed E-state index contributed by atoms with van der Waals surface area (Å²) in [6.45, 7) is 0. The molecule has 0 aliphatic rings. The molecule has 10 aromatic carbocycles. The van der Waals surface area contributed by atoms with Crippen LogP contribution < -0.4 is 4.90 Å². The predicted octanol–water partition coefficient (Wildman–Crippen LogP) is 16.5. The Morgan fingerprint density at radius 2 is 0.650 bits per heavy atom. The molecule has 0 spiro atoms. The van der Waals surface area contributed by atoms with E-state index in [1.807, 2.05) is 12.1 Å². The summed E-state index contributed by atoms with van der Waals surface area (Å²) < 4.78 is 6.18. The number of para-hydroxylation sites is 1. The molecule has 11 aromatic rings. The van der Waals surface area contributed by atoms with E-state index < -0.39 is 0 Å². The molecule has 1 aromatic heterocycles. The van der Waals surface area contributed by atoms with Gasteiger partial charge < -0.3 is 9.32 Å². The van der Waals surface area contributed by atoms with Gasteiger partial charge in [-0.2, -0.15) is 0 Å². The molecule has 11 rings (SSSR count). The van der Waals surface area contributed by atoms with Gasteiger partial charge >= 0.3 is 0 Å². The van der Waals surface area contributed by atoms with Gasteiger partial charge in [-0.15, -0.1) is 0 Å². The average Bonchev–Trinajstić information content (AvgIpc) is 3.71. The molecule has 0 aliphatic carbocycles. The number of hydrogen-bond donors (Lipinski definition) is 0. The zero-order valence-corrected chi connectivity index (χ0v) is 32.9. The summed E-state index contributed by atoms with van der Waals surface area (Å²) >= 11 is 0. The minimum absolute atomic E-state index is 0.910. The van der Waals surface area contributed by atoms with Gasteiger partial charge in [0.2, 0.25) is 0 Å². The van der Waals surface area contributed by atoms with Gasteiger partial charge in [0, 0.05) is 27.8 Å². The van der Waals surface area contributed by atoms with Crippen molar-refractivity contribution < 1.29 is 4.42 Å². The number of nitrogens with zero attached hydrogens (tertiary/aromatic N) is 1. The summed E-state index contributed by atoms with van der Waals surface area (Å²) in [5, 5.41) is 4.80. The highest BCUT2D eigenvalue weighted by molar-refractivity contribution is 6.06. The van der Waals surface area contributed by atoms with E-state index in [1.54, 1.807) is 0 Å².